The number of H-pyrrole nitrogens is 1. The van der Waals surface area contributed by atoms with Crippen molar-refractivity contribution in [2.45, 2.75) is 50.5 Å². The molecule has 0 amide bonds. The lowest BCUT2D eigenvalue weighted by molar-refractivity contribution is 0.169. The fraction of sp³-hybridized carbons (Fsp3) is 0.481. The normalized spacial score (nSPS) is 14.8. The average Bonchev–Trinajstić information content (AvgIpc) is 3.38. The summed E-state index contributed by atoms with van der Waals surface area (Å²) in [5, 5.41) is 10.4. The van der Waals surface area contributed by atoms with Gasteiger partial charge in [-0.2, -0.15) is 4.98 Å². The van der Waals surface area contributed by atoms with Gasteiger partial charge in [-0.15, -0.1) is 5.10 Å². The summed E-state index contributed by atoms with van der Waals surface area (Å²) in [6.07, 6.45) is 3.75. The van der Waals surface area contributed by atoms with Gasteiger partial charge in [0.2, 0.25) is 21.9 Å². The fourth-order valence-corrected chi connectivity index (χ4v) is 6.10. The van der Waals surface area contributed by atoms with Crippen molar-refractivity contribution < 1.29 is 8.42 Å². The summed E-state index contributed by atoms with van der Waals surface area (Å²) in [6, 6.07) is 15.9. The van der Waals surface area contributed by atoms with E-state index in [0.29, 0.717) is 23.4 Å². The molecule has 3 aromatic rings. The maximum atomic E-state index is 12.7. The number of halogens is 1. The molecule has 3 N–H and O–H groups in total. The number of benzene rings is 2. The molecule has 9 nitrogen and oxygen atoms in total. The van der Waals surface area contributed by atoms with Crippen LogP contribution in [-0.2, 0) is 16.4 Å². The molecule has 0 saturated carbocycles. The summed E-state index contributed by atoms with van der Waals surface area (Å²) in [7, 11) is -3.50. The monoisotopic (exact) mass is 603 g/mol. The second-order valence-electron chi connectivity index (χ2n) is 9.71. The van der Waals surface area contributed by atoms with Crippen molar-refractivity contribution in [3.05, 3.63) is 64.1 Å². The van der Waals surface area contributed by atoms with Crippen molar-refractivity contribution >= 4 is 37.8 Å². The van der Waals surface area contributed by atoms with E-state index in [1.807, 2.05) is 26.0 Å². The van der Waals surface area contributed by atoms with Crippen LogP contribution < -0.4 is 14.9 Å². The number of aromatic nitrogens is 3. The van der Waals surface area contributed by atoms with Crippen molar-refractivity contribution in [1.29, 1.82) is 0 Å². The lowest BCUT2D eigenvalue weighted by Gasteiger charge is -2.38. The van der Waals surface area contributed by atoms with E-state index in [4.69, 9.17) is 0 Å². The number of hydrogen-bond acceptors (Lipinski definition) is 7. The lowest BCUT2D eigenvalue weighted by atomic mass is 10.0. The lowest BCUT2D eigenvalue weighted by Crippen LogP contribution is -2.46. The molecule has 1 aliphatic heterocycles. The van der Waals surface area contributed by atoms with Crippen molar-refractivity contribution in [2.24, 2.45) is 0 Å². The van der Waals surface area contributed by atoms with Crippen LogP contribution in [0.2, 0.25) is 0 Å². The number of rotatable bonds is 13. The van der Waals surface area contributed by atoms with Gasteiger partial charge in [0, 0.05) is 43.2 Å². The van der Waals surface area contributed by atoms with Gasteiger partial charge in [-0.05, 0) is 75.9 Å². The van der Waals surface area contributed by atoms with Gasteiger partial charge in [-0.25, -0.2) is 18.2 Å². The van der Waals surface area contributed by atoms with Gasteiger partial charge in [-0.3, -0.25) is 4.90 Å². The van der Waals surface area contributed by atoms with Crippen molar-refractivity contribution in [3.63, 3.8) is 0 Å². The molecule has 0 bridgehead atoms. The molecule has 4 rings (SSSR count). The highest BCUT2D eigenvalue weighted by Crippen LogP contribution is 2.22. The van der Waals surface area contributed by atoms with Crippen molar-refractivity contribution in [1.82, 2.24) is 24.8 Å². The Bertz CT molecular complexity index is 1240. The number of nitrogens with zero attached hydrogens (tertiary/aromatic N) is 4. The first-order valence-corrected chi connectivity index (χ1v) is 15.6. The summed E-state index contributed by atoms with van der Waals surface area (Å²) >= 11 is 3.51. The third kappa shape index (κ3) is 8.02. The van der Waals surface area contributed by atoms with Crippen LogP contribution in [0.3, 0.4) is 0 Å². The molecule has 38 heavy (non-hydrogen) atoms. The number of hydrogen-bond donors (Lipinski definition) is 3. The van der Waals surface area contributed by atoms with Crippen LogP contribution in [0.1, 0.15) is 37.3 Å². The quantitative estimate of drug-likeness (QED) is 0.251. The van der Waals surface area contributed by atoms with E-state index >= 15 is 0 Å². The molecule has 1 aliphatic rings. The number of anilines is 2. The zero-order valence-electron chi connectivity index (χ0n) is 22.2. The SMILES string of the molecule is CCNc1n[nH]c(N2CCC(N(CCCNS(=O)(=O)c3ccc(C)cc3)CCc3ccc(Br)cc3)CC2)n1. The van der Waals surface area contributed by atoms with Gasteiger partial charge >= 0.3 is 0 Å². The Balaban J connectivity index is 1.33. The summed E-state index contributed by atoms with van der Waals surface area (Å²) in [5.74, 6) is 1.44. The van der Waals surface area contributed by atoms with Gasteiger partial charge in [0.15, 0.2) is 0 Å². The molecular formula is C27H38BrN7O2S. The van der Waals surface area contributed by atoms with Gasteiger partial charge in [0.05, 0.1) is 4.90 Å². The maximum absolute atomic E-state index is 12.7. The minimum Gasteiger partial charge on any atom is -0.353 e. The molecular weight excluding hydrogens is 566 g/mol. The minimum atomic E-state index is -3.50. The van der Waals surface area contributed by atoms with Crippen LogP contribution in [0.15, 0.2) is 57.9 Å². The number of nitrogens with one attached hydrogen (secondary N) is 3. The maximum Gasteiger partial charge on any atom is 0.243 e. The van der Waals surface area contributed by atoms with Gasteiger partial charge < -0.3 is 10.2 Å². The molecule has 2 heterocycles. The third-order valence-corrected chi connectivity index (χ3v) is 8.94. The van der Waals surface area contributed by atoms with E-state index in [-0.39, 0.29) is 0 Å². The summed E-state index contributed by atoms with van der Waals surface area (Å²) in [5.41, 5.74) is 2.34. The van der Waals surface area contributed by atoms with Crippen LogP contribution in [0.4, 0.5) is 11.9 Å². The summed E-state index contributed by atoms with van der Waals surface area (Å²) in [4.78, 5) is 9.66. The molecule has 1 saturated heterocycles. The van der Waals surface area contributed by atoms with Crippen molar-refractivity contribution in [2.75, 3.05) is 49.5 Å². The van der Waals surface area contributed by atoms with Crippen LogP contribution in [0.25, 0.3) is 0 Å². The summed E-state index contributed by atoms with van der Waals surface area (Å²) in [6.45, 7) is 8.75. The molecule has 0 atom stereocenters. The second-order valence-corrected chi connectivity index (χ2v) is 12.4. The molecule has 0 spiro atoms. The Kier molecular flexibility index (Phi) is 10.2. The zero-order valence-corrected chi connectivity index (χ0v) is 24.6. The van der Waals surface area contributed by atoms with Gasteiger partial charge in [0.1, 0.15) is 0 Å². The average molecular weight is 605 g/mol. The van der Waals surface area contributed by atoms with Crippen LogP contribution in [0.5, 0.6) is 0 Å². The second kappa shape index (κ2) is 13.5. The predicted octanol–water partition coefficient (Wildman–Crippen LogP) is 4.19. The molecule has 1 fully saturated rings. The summed E-state index contributed by atoms with van der Waals surface area (Å²) < 4.78 is 29.2. The first-order valence-electron chi connectivity index (χ1n) is 13.3. The van der Waals surface area contributed by atoms with E-state index in [1.54, 1.807) is 12.1 Å². The smallest absolute Gasteiger partial charge is 0.243 e. The molecule has 1 aromatic heterocycles. The number of aryl methyl sites for hydroxylation is 1. The van der Waals surface area contributed by atoms with Crippen molar-refractivity contribution in [3.8, 4) is 0 Å². The van der Waals surface area contributed by atoms with E-state index in [0.717, 1.165) is 74.4 Å². The fourth-order valence-electron chi connectivity index (χ4n) is 4.76. The predicted molar refractivity (Wildman–Crippen MR) is 156 cm³/mol. The van der Waals surface area contributed by atoms with Crippen LogP contribution in [-0.4, -0.2) is 73.8 Å². The highest BCUT2D eigenvalue weighted by Gasteiger charge is 2.26. The molecule has 0 unspecified atom stereocenters. The Labute approximate surface area is 234 Å². The number of aromatic amines is 1. The van der Waals surface area contributed by atoms with Gasteiger partial charge in [-0.1, -0.05) is 45.8 Å². The Morgan fingerprint density at radius 1 is 1.08 bits per heavy atom. The minimum absolute atomic E-state index is 0.312. The Hall–Kier alpha value is -2.47. The Morgan fingerprint density at radius 3 is 2.47 bits per heavy atom. The van der Waals surface area contributed by atoms with E-state index in [9.17, 15) is 8.42 Å². The Morgan fingerprint density at radius 2 is 1.79 bits per heavy atom. The topological polar surface area (TPSA) is 106 Å². The number of sulfonamides is 1. The highest BCUT2D eigenvalue weighted by atomic mass is 79.9. The molecule has 0 aliphatic carbocycles. The standard InChI is InChI=1S/C27H38BrN7O2S/c1-3-29-26-31-27(33-32-26)35-19-14-24(15-20-35)34(18-13-22-7-9-23(28)10-8-22)17-4-16-30-38(36,37)25-11-5-21(2)6-12-25/h5-12,24,30H,3-4,13-20H2,1-2H3,(H2,29,31,32,33). The first-order chi connectivity index (χ1) is 18.3. The third-order valence-electron chi connectivity index (χ3n) is 6.94. The molecule has 206 valence electrons. The van der Waals surface area contributed by atoms with E-state index in [2.05, 4.69) is 75.2 Å². The molecule has 2 aromatic carbocycles. The number of piperidine rings is 1. The molecule has 11 heteroatoms. The van der Waals surface area contributed by atoms with Crippen LogP contribution >= 0.6 is 15.9 Å². The van der Waals surface area contributed by atoms with E-state index in [1.165, 1.54) is 5.56 Å². The van der Waals surface area contributed by atoms with E-state index < -0.39 is 10.0 Å². The molecule has 0 radical (unpaired) electrons. The zero-order chi connectivity index (χ0) is 27.0. The first kappa shape index (κ1) is 28.5. The highest BCUT2D eigenvalue weighted by molar-refractivity contribution is 9.10. The van der Waals surface area contributed by atoms with Gasteiger partial charge in [0.25, 0.3) is 0 Å². The largest absolute Gasteiger partial charge is 0.353 e. The van der Waals surface area contributed by atoms with Crippen LogP contribution in [0, 0.1) is 6.92 Å².